The number of carbonyl (C=O) groups excluding carboxylic acids is 2. The molecule has 2 unspecified atom stereocenters. The molecule has 1 aliphatic carbocycles. The Morgan fingerprint density at radius 2 is 1.65 bits per heavy atom. The van der Waals surface area contributed by atoms with E-state index in [1.807, 2.05) is 18.5 Å². The van der Waals surface area contributed by atoms with Crippen LogP contribution in [0.15, 0.2) is 21.9 Å². The van der Waals surface area contributed by atoms with Crippen molar-refractivity contribution in [2.45, 2.75) is 111 Å². The lowest BCUT2D eigenvalue weighted by molar-refractivity contribution is -0.162. The molecule has 1 N–H and O–H groups in total. The van der Waals surface area contributed by atoms with Crippen molar-refractivity contribution in [3.05, 3.63) is 33.1 Å². The number of nitrogens with zero attached hydrogens (tertiary/aromatic N) is 3. The van der Waals surface area contributed by atoms with Crippen LogP contribution in [0.5, 0.6) is 0 Å². The van der Waals surface area contributed by atoms with Gasteiger partial charge in [-0.05, 0) is 60.8 Å². The Balaban J connectivity index is 2.08. The maximum Gasteiger partial charge on any atom is 0.342 e. The van der Waals surface area contributed by atoms with Gasteiger partial charge >= 0.3 is 25.2 Å². The van der Waals surface area contributed by atoms with E-state index in [-0.39, 0.29) is 19.4 Å². The molecule has 0 radical (unpaired) electrons. The number of nitrogens with one attached hydrogen (secondary N) is 1. The van der Waals surface area contributed by atoms with Crippen molar-refractivity contribution in [1.29, 1.82) is 5.26 Å². The van der Waals surface area contributed by atoms with Crippen LogP contribution in [0, 0.1) is 22.2 Å². The summed E-state index contributed by atoms with van der Waals surface area (Å²) < 4.78 is 65.2. The number of aromatic amines is 1. The minimum Gasteiger partial charge on any atom is -0.438 e. The fourth-order valence-corrected chi connectivity index (χ4v) is 9.18. The molecular formula is C32H52N4O13P2. The number of methoxy groups -OCH3 is 1. The highest BCUT2D eigenvalue weighted by atomic mass is 31.2. The second-order valence-electron chi connectivity index (χ2n) is 14.3. The Bertz CT molecular complexity index is 1510. The summed E-state index contributed by atoms with van der Waals surface area (Å²) in [6, 6.07) is 3.21. The topological polar surface area (TPSA) is 207 Å². The predicted octanol–water partition coefficient (Wildman–Crippen LogP) is 4.58. The van der Waals surface area contributed by atoms with E-state index in [1.165, 1.54) is 13.3 Å². The van der Waals surface area contributed by atoms with Crippen LogP contribution in [-0.4, -0.2) is 90.0 Å². The van der Waals surface area contributed by atoms with Crippen molar-refractivity contribution < 1.29 is 51.2 Å². The van der Waals surface area contributed by atoms with Crippen molar-refractivity contribution in [2.75, 3.05) is 40.4 Å². The highest BCUT2D eigenvalue weighted by Gasteiger charge is 2.77. The first kappa shape index (κ1) is 42.9. The number of rotatable bonds is 19. The van der Waals surface area contributed by atoms with Crippen LogP contribution in [0.25, 0.3) is 0 Å². The average Bonchev–Trinajstić information content (AvgIpc) is 3.70. The van der Waals surface area contributed by atoms with E-state index >= 15 is 0 Å². The van der Waals surface area contributed by atoms with Crippen LogP contribution >= 0.6 is 16.1 Å². The van der Waals surface area contributed by atoms with Crippen molar-refractivity contribution in [1.82, 2.24) is 14.2 Å². The first-order valence-corrected chi connectivity index (χ1v) is 19.6. The van der Waals surface area contributed by atoms with Gasteiger partial charge in [0, 0.05) is 32.5 Å². The summed E-state index contributed by atoms with van der Waals surface area (Å²) in [7, 11) is -4.86. The number of carbonyl (C=O) groups is 2. The largest absolute Gasteiger partial charge is 0.438 e. The fraction of sp³-hybridized carbons (Fsp3) is 0.781. The zero-order valence-electron chi connectivity index (χ0n) is 30.9. The predicted molar refractivity (Wildman–Crippen MR) is 184 cm³/mol. The Labute approximate surface area is 299 Å². The second-order valence-corrected chi connectivity index (χ2v) is 18.0. The Hall–Kier alpha value is -2.51. The van der Waals surface area contributed by atoms with Crippen molar-refractivity contribution in [3.63, 3.8) is 0 Å². The lowest BCUT2D eigenvalue weighted by atomic mass is 9.98. The molecule has 2 aliphatic rings. The van der Waals surface area contributed by atoms with E-state index in [0.29, 0.717) is 13.1 Å². The molecule has 2 heterocycles. The summed E-state index contributed by atoms with van der Waals surface area (Å²) >= 11 is 0. The smallest absolute Gasteiger partial charge is 0.342 e. The normalized spacial score (nSPS) is 24.0. The molecule has 3 rings (SSSR count). The van der Waals surface area contributed by atoms with Crippen molar-refractivity contribution in [3.8, 4) is 6.07 Å². The molecule has 2 fully saturated rings. The molecule has 1 spiro atoms. The van der Waals surface area contributed by atoms with Gasteiger partial charge in [-0.3, -0.25) is 37.5 Å². The third-order valence-electron chi connectivity index (χ3n) is 7.98. The van der Waals surface area contributed by atoms with Gasteiger partial charge in [-0.15, -0.1) is 0 Å². The van der Waals surface area contributed by atoms with Gasteiger partial charge in [0.2, 0.25) is 13.6 Å². The summed E-state index contributed by atoms with van der Waals surface area (Å²) in [5, 5.41) is 9.22. The van der Waals surface area contributed by atoms with E-state index in [4.69, 9.17) is 37.0 Å². The summed E-state index contributed by atoms with van der Waals surface area (Å²) in [6.07, 6.45) is -0.422. The third kappa shape index (κ3) is 10.8. The minimum atomic E-state index is -4.39. The quantitative estimate of drug-likeness (QED) is 0.0886. The molecule has 19 heteroatoms. The van der Waals surface area contributed by atoms with E-state index in [9.17, 15) is 29.0 Å². The molecule has 6 atom stereocenters. The Kier molecular flexibility index (Phi) is 15.2. The summed E-state index contributed by atoms with van der Waals surface area (Å²) in [6.45, 7) is 13.6. The van der Waals surface area contributed by atoms with Crippen LogP contribution in [0.3, 0.4) is 0 Å². The molecular weight excluding hydrogens is 710 g/mol. The van der Waals surface area contributed by atoms with E-state index < -0.39 is 93.4 Å². The van der Waals surface area contributed by atoms with E-state index in [0.717, 1.165) is 23.5 Å². The van der Waals surface area contributed by atoms with Gasteiger partial charge in [0.25, 0.3) is 14.1 Å². The van der Waals surface area contributed by atoms with Crippen LogP contribution in [0.1, 0.15) is 87.3 Å². The maximum atomic E-state index is 14.7. The lowest BCUT2D eigenvalue weighted by Gasteiger charge is -2.34. The molecule has 0 amide bonds. The molecule has 1 aromatic rings. The number of esters is 2. The van der Waals surface area contributed by atoms with Crippen LogP contribution < -0.4 is 11.2 Å². The van der Waals surface area contributed by atoms with Gasteiger partial charge in [0.1, 0.15) is 17.8 Å². The zero-order chi connectivity index (χ0) is 38.2. The van der Waals surface area contributed by atoms with Crippen LogP contribution in [0.4, 0.5) is 0 Å². The maximum absolute atomic E-state index is 14.7. The van der Waals surface area contributed by atoms with Crippen LogP contribution in [0.2, 0.25) is 0 Å². The van der Waals surface area contributed by atoms with Crippen molar-refractivity contribution in [2.24, 2.45) is 10.8 Å². The van der Waals surface area contributed by atoms with Crippen LogP contribution in [-0.2, 0) is 51.2 Å². The number of H-pyrrole nitrogens is 1. The fourth-order valence-electron chi connectivity index (χ4n) is 5.27. The molecule has 0 bridgehead atoms. The summed E-state index contributed by atoms with van der Waals surface area (Å²) in [4.78, 5) is 52.2. The highest BCUT2D eigenvalue weighted by molar-refractivity contribution is 7.55. The zero-order valence-corrected chi connectivity index (χ0v) is 32.7. The average molecular weight is 763 g/mol. The number of ether oxygens (including phenoxy) is 4. The number of aromatic nitrogens is 2. The monoisotopic (exact) mass is 762 g/mol. The standard InChI is InChI=1S/C32H52N4O13P2/c1-10-15-35(16-11-2)50(45-18-12-14-33)49-25-24(42-9)26(36-17-13-23(37)34-29(36)40)48-32(25)19-22(32)51(41,46-20-43-27(38)30(3,4)5)47-21-44-28(39)31(6,7)8/h13,17,22,24-26H,10-12,15-16,18-21H2,1-9H3,(H,34,37,40)/t22-,24-,25+,26-,32?,50?/m1/s1. The SMILES string of the molecule is CCCN(CCC)P(OCCC#N)O[C@H]1[C@@H](OC)[C@H](n2ccc(=O)[nH]c2=O)OC12C[C@H]2P(=O)(OCOC(=O)C(C)(C)C)OCOC(=O)C(C)(C)C. The molecule has 0 aromatic carbocycles. The van der Waals surface area contributed by atoms with E-state index in [1.54, 1.807) is 41.5 Å². The molecule has 17 nitrogen and oxygen atoms in total. The first-order valence-electron chi connectivity index (χ1n) is 16.9. The summed E-state index contributed by atoms with van der Waals surface area (Å²) in [5.74, 6) is -1.25. The number of hydrogen-bond donors (Lipinski definition) is 1. The van der Waals surface area contributed by atoms with Gasteiger partial charge in [-0.1, -0.05) is 13.8 Å². The number of nitriles is 1. The molecule has 1 saturated carbocycles. The minimum absolute atomic E-state index is 0.00718. The third-order valence-corrected chi connectivity index (χ3v) is 12.0. The number of hydrogen-bond acceptors (Lipinski definition) is 15. The molecule has 1 saturated heterocycles. The van der Waals surface area contributed by atoms with Gasteiger partial charge < -0.3 is 28.0 Å². The summed E-state index contributed by atoms with van der Waals surface area (Å²) in [5.41, 5.74) is -5.78. The molecule has 288 valence electrons. The van der Waals surface area contributed by atoms with E-state index in [2.05, 4.69) is 11.1 Å². The highest BCUT2D eigenvalue weighted by Crippen LogP contribution is 2.73. The Morgan fingerprint density at radius 1 is 1.08 bits per heavy atom. The van der Waals surface area contributed by atoms with Gasteiger partial charge in [0.15, 0.2) is 6.23 Å². The lowest BCUT2D eigenvalue weighted by Crippen LogP contribution is -2.41. The first-order chi connectivity index (χ1) is 23.9. The van der Waals surface area contributed by atoms with Crippen molar-refractivity contribution >= 4 is 28.1 Å². The Morgan fingerprint density at radius 3 is 2.12 bits per heavy atom. The second kappa shape index (κ2) is 18.0. The molecule has 1 aromatic heterocycles. The van der Waals surface area contributed by atoms with Gasteiger partial charge in [-0.2, -0.15) is 5.26 Å². The van der Waals surface area contributed by atoms with Gasteiger partial charge in [0.05, 0.1) is 35.6 Å². The van der Waals surface area contributed by atoms with Gasteiger partial charge in [-0.25, -0.2) is 9.46 Å². The molecule has 1 aliphatic heterocycles. The molecule has 51 heavy (non-hydrogen) atoms.